The number of carbonyl (C=O) groups excluding carboxylic acids is 1. The number of piperidine rings is 1. The predicted molar refractivity (Wildman–Crippen MR) is 92.0 cm³/mol. The molecule has 3 rings (SSSR count). The Hall–Kier alpha value is -1.88. The second-order valence-electron chi connectivity index (χ2n) is 6.70. The van der Waals surface area contributed by atoms with Crippen molar-refractivity contribution in [2.75, 3.05) is 13.1 Å². The normalized spacial score (nSPS) is 18.7. The number of hydrogen-bond acceptors (Lipinski definition) is 3. The lowest BCUT2D eigenvalue weighted by atomic mass is 9.84. The first-order chi connectivity index (χ1) is 11.1. The molecule has 3 N–H and O–H groups in total. The molecule has 1 aliphatic heterocycles. The highest BCUT2D eigenvalue weighted by Crippen LogP contribution is 2.24. The molecule has 2 aromatic rings. The Morgan fingerprint density at radius 3 is 2.78 bits per heavy atom. The van der Waals surface area contributed by atoms with E-state index < -0.39 is 0 Å². The van der Waals surface area contributed by atoms with E-state index in [1.807, 2.05) is 31.2 Å². The Labute approximate surface area is 137 Å². The van der Waals surface area contributed by atoms with Crippen molar-refractivity contribution in [3.8, 4) is 0 Å². The molecule has 0 radical (unpaired) electrons. The van der Waals surface area contributed by atoms with Gasteiger partial charge in [-0.1, -0.05) is 19.1 Å². The van der Waals surface area contributed by atoms with Gasteiger partial charge in [0.25, 0.3) is 0 Å². The maximum atomic E-state index is 12.3. The van der Waals surface area contributed by atoms with Gasteiger partial charge in [-0.3, -0.25) is 4.79 Å². The summed E-state index contributed by atoms with van der Waals surface area (Å²) < 4.78 is 0. The van der Waals surface area contributed by atoms with E-state index in [2.05, 4.69) is 27.5 Å². The highest BCUT2D eigenvalue weighted by Gasteiger charge is 2.23. The van der Waals surface area contributed by atoms with Crippen LogP contribution in [-0.2, 0) is 4.79 Å². The number of fused-ring (bicyclic) bond motifs is 1. The molecule has 1 aromatic carbocycles. The maximum absolute atomic E-state index is 12.3. The van der Waals surface area contributed by atoms with Gasteiger partial charge in [-0.25, -0.2) is 4.98 Å². The number of H-pyrrole nitrogens is 1. The van der Waals surface area contributed by atoms with Gasteiger partial charge >= 0.3 is 0 Å². The molecule has 124 valence electrons. The van der Waals surface area contributed by atoms with E-state index in [1.54, 1.807) is 0 Å². The van der Waals surface area contributed by atoms with Crippen LogP contribution >= 0.6 is 0 Å². The number of imidazole rings is 1. The second kappa shape index (κ2) is 7.13. The lowest BCUT2D eigenvalue weighted by Gasteiger charge is -2.28. The summed E-state index contributed by atoms with van der Waals surface area (Å²) in [6.07, 6.45) is 2.94. The van der Waals surface area contributed by atoms with Crippen LogP contribution in [0, 0.1) is 11.8 Å². The first-order valence-corrected chi connectivity index (χ1v) is 8.58. The minimum absolute atomic E-state index is 0.102. The van der Waals surface area contributed by atoms with E-state index in [9.17, 15) is 4.79 Å². The molecule has 0 aliphatic carbocycles. The molecule has 0 spiro atoms. The van der Waals surface area contributed by atoms with Crippen LogP contribution in [0.1, 0.15) is 45.0 Å². The van der Waals surface area contributed by atoms with E-state index in [0.717, 1.165) is 29.9 Å². The first-order valence-electron chi connectivity index (χ1n) is 8.58. The summed E-state index contributed by atoms with van der Waals surface area (Å²) in [4.78, 5) is 20.2. The fraction of sp³-hybridized carbons (Fsp3) is 0.556. The zero-order valence-electron chi connectivity index (χ0n) is 13.9. The summed E-state index contributed by atoms with van der Waals surface area (Å²) in [7, 11) is 0. The van der Waals surface area contributed by atoms with Crippen molar-refractivity contribution in [3.05, 3.63) is 30.1 Å². The third kappa shape index (κ3) is 3.91. The highest BCUT2D eigenvalue weighted by molar-refractivity contribution is 5.77. The van der Waals surface area contributed by atoms with Crippen molar-refractivity contribution < 1.29 is 4.79 Å². The Kier molecular flexibility index (Phi) is 4.96. The third-order valence-corrected chi connectivity index (χ3v) is 4.89. The predicted octanol–water partition coefficient (Wildman–Crippen LogP) is 2.77. The summed E-state index contributed by atoms with van der Waals surface area (Å²) in [6, 6.07) is 7.82. The Balaban J connectivity index is 1.56. The van der Waals surface area contributed by atoms with Crippen LogP contribution in [0.5, 0.6) is 0 Å². The SMILES string of the molecule is CC(NC(=O)CC(C)C1CCNCC1)c1nc2ccccc2[nH]1. The first kappa shape index (κ1) is 16.0. The second-order valence-corrected chi connectivity index (χ2v) is 6.70. The minimum atomic E-state index is -0.102. The molecule has 23 heavy (non-hydrogen) atoms. The van der Waals surface area contributed by atoms with Crippen LogP contribution in [0.15, 0.2) is 24.3 Å². The van der Waals surface area contributed by atoms with Gasteiger partial charge in [-0.05, 0) is 56.8 Å². The maximum Gasteiger partial charge on any atom is 0.220 e. The fourth-order valence-corrected chi connectivity index (χ4v) is 3.42. The molecule has 1 aliphatic rings. The molecule has 5 nitrogen and oxygen atoms in total. The van der Waals surface area contributed by atoms with Crippen molar-refractivity contribution in [1.29, 1.82) is 0 Å². The van der Waals surface area contributed by atoms with Gasteiger partial charge in [0.05, 0.1) is 17.1 Å². The standard InChI is InChI=1S/C18H26N4O/c1-12(14-7-9-19-10-8-14)11-17(23)20-13(2)18-21-15-5-3-4-6-16(15)22-18/h3-6,12-14,19H,7-11H2,1-2H3,(H,20,23)(H,21,22). The van der Waals surface area contributed by atoms with E-state index in [0.29, 0.717) is 18.3 Å². The third-order valence-electron chi connectivity index (χ3n) is 4.89. The number of amides is 1. The molecule has 2 atom stereocenters. The van der Waals surface area contributed by atoms with Crippen molar-refractivity contribution in [2.45, 2.75) is 39.2 Å². The van der Waals surface area contributed by atoms with E-state index in [4.69, 9.17) is 0 Å². The van der Waals surface area contributed by atoms with Crippen molar-refractivity contribution in [3.63, 3.8) is 0 Å². The summed E-state index contributed by atoms with van der Waals surface area (Å²) in [5.74, 6) is 2.02. The van der Waals surface area contributed by atoms with Crippen molar-refractivity contribution in [1.82, 2.24) is 20.6 Å². The zero-order valence-corrected chi connectivity index (χ0v) is 13.9. The van der Waals surface area contributed by atoms with Gasteiger partial charge in [0.1, 0.15) is 5.82 Å². The number of nitrogens with zero attached hydrogens (tertiary/aromatic N) is 1. The summed E-state index contributed by atoms with van der Waals surface area (Å²) in [5, 5.41) is 6.46. The molecule has 0 saturated carbocycles. The van der Waals surface area contributed by atoms with Gasteiger partial charge in [0.2, 0.25) is 5.91 Å². The molecule has 1 saturated heterocycles. The highest BCUT2D eigenvalue weighted by atomic mass is 16.1. The van der Waals surface area contributed by atoms with E-state index in [-0.39, 0.29) is 11.9 Å². The van der Waals surface area contributed by atoms with Crippen LogP contribution in [0.3, 0.4) is 0 Å². The van der Waals surface area contributed by atoms with Crippen LogP contribution in [-0.4, -0.2) is 29.0 Å². The van der Waals surface area contributed by atoms with Crippen LogP contribution in [0.25, 0.3) is 11.0 Å². The molecule has 2 heterocycles. The Morgan fingerprint density at radius 2 is 2.04 bits per heavy atom. The van der Waals surface area contributed by atoms with Crippen molar-refractivity contribution in [2.24, 2.45) is 11.8 Å². The molecule has 1 amide bonds. The lowest BCUT2D eigenvalue weighted by molar-refractivity contribution is -0.123. The number of rotatable bonds is 5. The van der Waals surface area contributed by atoms with Gasteiger partial charge in [-0.2, -0.15) is 0 Å². The van der Waals surface area contributed by atoms with Crippen LogP contribution < -0.4 is 10.6 Å². The minimum Gasteiger partial charge on any atom is -0.346 e. The van der Waals surface area contributed by atoms with Gasteiger partial charge in [-0.15, -0.1) is 0 Å². The monoisotopic (exact) mass is 314 g/mol. The summed E-state index contributed by atoms with van der Waals surface area (Å²) in [5.41, 5.74) is 1.94. The molecule has 1 aromatic heterocycles. The largest absolute Gasteiger partial charge is 0.346 e. The summed E-state index contributed by atoms with van der Waals surface area (Å²) >= 11 is 0. The van der Waals surface area contributed by atoms with Crippen LogP contribution in [0.2, 0.25) is 0 Å². The van der Waals surface area contributed by atoms with Crippen LogP contribution in [0.4, 0.5) is 0 Å². The van der Waals surface area contributed by atoms with Crippen molar-refractivity contribution >= 4 is 16.9 Å². The molecule has 2 unspecified atom stereocenters. The Morgan fingerprint density at radius 1 is 1.30 bits per heavy atom. The number of hydrogen-bond donors (Lipinski definition) is 3. The smallest absolute Gasteiger partial charge is 0.220 e. The summed E-state index contributed by atoms with van der Waals surface area (Å²) in [6.45, 7) is 6.32. The Bertz CT molecular complexity index is 627. The zero-order chi connectivity index (χ0) is 16.2. The average molecular weight is 314 g/mol. The fourth-order valence-electron chi connectivity index (χ4n) is 3.42. The molecular formula is C18H26N4O. The van der Waals surface area contributed by atoms with Gasteiger partial charge in [0, 0.05) is 6.42 Å². The number of aromatic nitrogens is 2. The average Bonchev–Trinajstić information content (AvgIpc) is 2.99. The quantitative estimate of drug-likeness (QED) is 0.795. The lowest BCUT2D eigenvalue weighted by Crippen LogP contribution is -2.34. The van der Waals surface area contributed by atoms with Gasteiger partial charge < -0.3 is 15.6 Å². The number of benzene rings is 1. The molecule has 1 fully saturated rings. The number of carbonyl (C=O) groups is 1. The topological polar surface area (TPSA) is 69.8 Å². The number of aromatic amines is 1. The number of para-hydroxylation sites is 2. The van der Waals surface area contributed by atoms with E-state index in [1.165, 1.54) is 12.8 Å². The molecule has 5 heteroatoms. The molecular weight excluding hydrogens is 288 g/mol. The number of nitrogens with one attached hydrogen (secondary N) is 3. The molecule has 0 bridgehead atoms. The van der Waals surface area contributed by atoms with Gasteiger partial charge in [0.15, 0.2) is 0 Å². The van der Waals surface area contributed by atoms with E-state index >= 15 is 0 Å².